The number of hydrogen-bond donors (Lipinski definition) is 5. The van der Waals surface area contributed by atoms with E-state index in [1.165, 1.54) is 0 Å². The lowest BCUT2D eigenvalue weighted by atomic mass is 10.1. The van der Waals surface area contributed by atoms with E-state index in [4.69, 9.17) is 31.6 Å². The van der Waals surface area contributed by atoms with Gasteiger partial charge in [-0.15, -0.1) is 0 Å². The van der Waals surface area contributed by atoms with Crippen molar-refractivity contribution in [1.29, 1.82) is 0 Å². The van der Waals surface area contributed by atoms with Crippen molar-refractivity contribution in [1.82, 2.24) is 29.7 Å². The van der Waals surface area contributed by atoms with E-state index in [9.17, 15) is 14.4 Å². The number of ether oxygens (including phenoxy) is 2. The Hall–Kier alpha value is -5.70. The Bertz CT molecular complexity index is 2250. The van der Waals surface area contributed by atoms with E-state index in [2.05, 4.69) is 31.2 Å². The van der Waals surface area contributed by atoms with Crippen molar-refractivity contribution in [2.45, 2.75) is 18.9 Å². The number of likely N-dealkylation sites (tertiary alicyclic amines) is 1. The fraction of sp³-hybridized carbons (Fsp3) is 0.324. The third kappa shape index (κ3) is 12.4. The molecule has 0 unspecified atom stereocenters. The molecule has 0 spiro atoms. The van der Waals surface area contributed by atoms with Crippen molar-refractivity contribution in [3.63, 3.8) is 0 Å². The lowest BCUT2D eigenvalue weighted by molar-refractivity contribution is -0.0144. The highest BCUT2D eigenvalue weighted by molar-refractivity contribution is 7.79. The summed E-state index contributed by atoms with van der Waals surface area (Å²) in [5.74, 6) is -0.895. The number of anilines is 2. The number of benzene rings is 2. The standard InChI is InChI=1S/C37H42N8O6.H2O4S/c1-43-24-29(21-33(43)36(47)38-14-17-45-15-12-30(13-16-45)50-19-18-49-3)40-37(48)34-22-28(23-44(34)2)39-35(46)27-9-6-25(7-10-27)4-5-26-8-11-31-32(20-26)42-51-41-31;1-5(2,3)4/h4-11,20-24,30H,12-19H2,1-3H3,(H,38,47)(H,39,46)(H,40,48);(H2,1,2,3,4)/b5-4+;. The van der Waals surface area contributed by atoms with E-state index in [0.717, 1.165) is 43.6 Å². The quantitative estimate of drug-likeness (QED) is 0.0613. The van der Waals surface area contributed by atoms with Gasteiger partial charge in [-0.2, -0.15) is 8.42 Å². The Morgan fingerprint density at radius 1 is 0.821 bits per heavy atom. The molecule has 0 radical (unpaired) electrons. The second-order valence-electron chi connectivity index (χ2n) is 12.9. The van der Waals surface area contributed by atoms with Crippen LogP contribution in [-0.2, 0) is 34.0 Å². The normalized spacial score (nSPS) is 13.7. The largest absolute Gasteiger partial charge is 0.394 e. The number of aromatic nitrogens is 4. The van der Waals surface area contributed by atoms with Gasteiger partial charge in [0, 0.05) is 65.3 Å². The Morgan fingerprint density at radius 3 is 2.04 bits per heavy atom. The van der Waals surface area contributed by atoms with Gasteiger partial charge in [-0.3, -0.25) is 23.5 Å². The van der Waals surface area contributed by atoms with Gasteiger partial charge in [0.1, 0.15) is 22.4 Å². The summed E-state index contributed by atoms with van der Waals surface area (Å²) >= 11 is 0. The van der Waals surface area contributed by atoms with Crippen molar-refractivity contribution in [2.75, 3.05) is 57.1 Å². The number of aryl methyl sites for hydroxylation is 2. The Balaban J connectivity index is 0.00000113. The topological polar surface area (TPSA) is 232 Å². The summed E-state index contributed by atoms with van der Waals surface area (Å²) in [4.78, 5) is 41.5. The molecule has 1 aliphatic heterocycles. The van der Waals surface area contributed by atoms with Crippen LogP contribution < -0.4 is 16.0 Å². The molecule has 5 aromatic rings. The molecule has 298 valence electrons. The van der Waals surface area contributed by atoms with E-state index in [0.29, 0.717) is 59.1 Å². The van der Waals surface area contributed by atoms with Crippen molar-refractivity contribution in [3.05, 3.63) is 95.1 Å². The number of carbonyl (C=O) groups is 3. The molecule has 0 aliphatic carbocycles. The summed E-state index contributed by atoms with van der Waals surface area (Å²) in [6.07, 6.45) is 9.43. The van der Waals surface area contributed by atoms with E-state index < -0.39 is 10.4 Å². The zero-order chi connectivity index (χ0) is 40.2. The smallest absolute Gasteiger partial charge is 0.382 e. The predicted molar refractivity (Wildman–Crippen MR) is 208 cm³/mol. The van der Waals surface area contributed by atoms with E-state index in [1.807, 2.05) is 42.5 Å². The number of nitrogens with one attached hydrogen (secondary N) is 3. The van der Waals surface area contributed by atoms with E-state index >= 15 is 0 Å². The SMILES string of the molecule is COCCOC1CCN(CCNC(=O)c2cc(NC(=O)c3cc(NC(=O)c4ccc(/C=C/c5ccc6nonc6c5)cc4)cn3C)cn2C)CC1.O=S(=O)(O)O. The van der Waals surface area contributed by atoms with Crippen LogP contribution in [0.4, 0.5) is 11.4 Å². The van der Waals surface area contributed by atoms with Gasteiger partial charge < -0.3 is 39.5 Å². The molecule has 3 aromatic heterocycles. The minimum atomic E-state index is -4.67. The van der Waals surface area contributed by atoms with Gasteiger partial charge in [-0.05, 0) is 70.7 Å². The van der Waals surface area contributed by atoms with Gasteiger partial charge in [0.15, 0.2) is 0 Å². The van der Waals surface area contributed by atoms with Crippen LogP contribution in [0.2, 0.25) is 0 Å². The second-order valence-corrected chi connectivity index (χ2v) is 13.8. The van der Waals surface area contributed by atoms with Gasteiger partial charge >= 0.3 is 10.4 Å². The third-order valence-electron chi connectivity index (χ3n) is 8.80. The van der Waals surface area contributed by atoms with Crippen LogP contribution in [0.1, 0.15) is 55.3 Å². The molecule has 1 aliphatic rings. The van der Waals surface area contributed by atoms with Crippen molar-refractivity contribution >= 4 is 62.7 Å². The molecule has 1 saturated heterocycles. The average Bonchev–Trinajstić information content (AvgIpc) is 3.88. The summed E-state index contributed by atoms with van der Waals surface area (Å²) in [6.45, 7) is 4.33. The first kappa shape index (κ1) is 41.5. The second kappa shape index (κ2) is 19.2. The first-order valence-electron chi connectivity index (χ1n) is 17.5. The number of methoxy groups -OCH3 is 1. The van der Waals surface area contributed by atoms with E-state index in [1.54, 1.807) is 67.0 Å². The zero-order valence-corrected chi connectivity index (χ0v) is 31.9. The highest BCUT2D eigenvalue weighted by Gasteiger charge is 2.21. The molecular formula is C37H44N8O10S. The maximum atomic E-state index is 13.2. The van der Waals surface area contributed by atoms with Crippen LogP contribution in [0.5, 0.6) is 0 Å². The van der Waals surface area contributed by atoms with Gasteiger partial charge in [0.05, 0.1) is 30.7 Å². The number of carbonyl (C=O) groups excluding carboxylic acids is 3. The van der Waals surface area contributed by atoms with Gasteiger partial charge in [-0.1, -0.05) is 30.4 Å². The van der Waals surface area contributed by atoms with Gasteiger partial charge in [-0.25, -0.2) is 4.63 Å². The summed E-state index contributed by atoms with van der Waals surface area (Å²) in [5.41, 5.74) is 5.45. The minimum absolute atomic E-state index is 0.216. The first-order valence-corrected chi connectivity index (χ1v) is 18.9. The van der Waals surface area contributed by atoms with Crippen LogP contribution in [0.15, 0.2) is 71.6 Å². The molecule has 0 atom stereocenters. The van der Waals surface area contributed by atoms with Crippen LogP contribution in [0, 0.1) is 0 Å². The molecule has 0 saturated carbocycles. The minimum Gasteiger partial charge on any atom is -0.382 e. The number of hydrogen-bond acceptors (Lipinski definition) is 11. The van der Waals surface area contributed by atoms with Crippen molar-refractivity contribution in [2.24, 2.45) is 14.1 Å². The van der Waals surface area contributed by atoms with Crippen LogP contribution in [0.25, 0.3) is 23.2 Å². The highest BCUT2D eigenvalue weighted by Crippen LogP contribution is 2.20. The van der Waals surface area contributed by atoms with Gasteiger partial charge in [0.25, 0.3) is 17.7 Å². The molecule has 19 heteroatoms. The lowest BCUT2D eigenvalue weighted by Crippen LogP contribution is -2.41. The first-order chi connectivity index (χ1) is 26.7. The summed E-state index contributed by atoms with van der Waals surface area (Å²) in [6, 6.07) is 16.1. The molecule has 2 aromatic carbocycles. The monoisotopic (exact) mass is 792 g/mol. The number of fused-ring (bicyclic) bond motifs is 1. The average molecular weight is 793 g/mol. The molecule has 4 heterocycles. The highest BCUT2D eigenvalue weighted by atomic mass is 32.3. The Morgan fingerprint density at radius 2 is 1.39 bits per heavy atom. The van der Waals surface area contributed by atoms with Crippen molar-refractivity contribution in [3.8, 4) is 0 Å². The van der Waals surface area contributed by atoms with Crippen molar-refractivity contribution < 1.29 is 46.0 Å². The summed E-state index contributed by atoms with van der Waals surface area (Å²) in [7, 11) is 0.487. The van der Waals surface area contributed by atoms with Crippen LogP contribution >= 0.6 is 0 Å². The number of nitrogens with zero attached hydrogens (tertiary/aromatic N) is 5. The third-order valence-corrected chi connectivity index (χ3v) is 8.80. The maximum absolute atomic E-state index is 13.2. The molecule has 18 nitrogen and oxygen atoms in total. The fourth-order valence-corrected chi connectivity index (χ4v) is 5.97. The zero-order valence-electron chi connectivity index (χ0n) is 31.0. The summed E-state index contributed by atoms with van der Waals surface area (Å²) < 4.78 is 50.5. The van der Waals surface area contributed by atoms with Gasteiger partial charge in [0.2, 0.25) is 0 Å². The van der Waals surface area contributed by atoms with Crippen LogP contribution in [-0.4, -0.2) is 112 Å². The molecule has 0 bridgehead atoms. The molecule has 6 rings (SSSR count). The maximum Gasteiger partial charge on any atom is 0.394 e. The molecule has 56 heavy (non-hydrogen) atoms. The number of amides is 3. The Labute approximate surface area is 323 Å². The fourth-order valence-electron chi connectivity index (χ4n) is 5.97. The number of piperidine rings is 1. The molecule has 1 fully saturated rings. The summed E-state index contributed by atoms with van der Waals surface area (Å²) in [5, 5.41) is 16.4. The Kier molecular flexibility index (Phi) is 14.3. The molecule has 5 N–H and O–H groups in total. The number of rotatable bonds is 14. The predicted octanol–water partition coefficient (Wildman–Crippen LogP) is 3.78. The molecular weight excluding hydrogens is 749 g/mol. The van der Waals surface area contributed by atoms with Crippen LogP contribution in [0.3, 0.4) is 0 Å². The molecule has 3 amide bonds. The van der Waals surface area contributed by atoms with E-state index in [-0.39, 0.29) is 23.8 Å². The lowest BCUT2D eigenvalue weighted by Gasteiger charge is -2.31.